The van der Waals surface area contributed by atoms with E-state index in [9.17, 15) is 13.2 Å². The zero-order valence-corrected chi connectivity index (χ0v) is 16.4. The zero-order valence-electron chi connectivity index (χ0n) is 14.8. The minimum absolute atomic E-state index is 0. The van der Waals surface area contributed by atoms with E-state index >= 15 is 0 Å². The average Bonchev–Trinajstić information content (AvgIpc) is 3.17. The second-order valence-electron chi connectivity index (χ2n) is 6.53. The Morgan fingerprint density at radius 2 is 1.85 bits per heavy atom. The lowest BCUT2D eigenvalue weighted by atomic mass is 10.0. The molecule has 0 unspecified atom stereocenters. The number of rotatable bonds is 7. The van der Waals surface area contributed by atoms with Crippen LogP contribution in [0.3, 0.4) is 0 Å². The quantitative estimate of drug-likeness (QED) is 0.704. The highest BCUT2D eigenvalue weighted by atomic mass is 35.5. The third-order valence-electron chi connectivity index (χ3n) is 4.82. The van der Waals surface area contributed by atoms with E-state index < -0.39 is 10.0 Å². The van der Waals surface area contributed by atoms with Crippen LogP contribution in [-0.4, -0.2) is 58.6 Å². The van der Waals surface area contributed by atoms with E-state index in [0.717, 1.165) is 26.2 Å². The molecule has 1 amide bonds. The van der Waals surface area contributed by atoms with Crippen LogP contribution in [0.1, 0.15) is 13.3 Å². The van der Waals surface area contributed by atoms with Gasteiger partial charge < -0.3 is 15.0 Å². The summed E-state index contributed by atoms with van der Waals surface area (Å²) < 4.78 is 32.4. The molecule has 0 bridgehead atoms. The fraction of sp³-hybridized carbons (Fsp3) is 0.588. The number of amides is 1. The van der Waals surface area contributed by atoms with Crippen molar-refractivity contribution in [2.75, 3.05) is 39.3 Å². The summed E-state index contributed by atoms with van der Waals surface area (Å²) in [4.78, 5) is 14.3. The monoisotopic (exact) mass is 403 g/mol. The Kier molecular flexibility index (Phi) is 7.28. The molecule has 2 aliphatic rings. The number of benzene rings is 1. The lowest BCUT2D eigenvalue weighted by Crippen LogP contribution is -2.35. The number of hydrogen-bond acceptors (Lipinski definition) is 5. The van der Waals surface area contributed by atoms with E-state index in [1.807, 2.05) is 11.8 Å². The Balaban J connectivity index is 0.00000243. The van der Waals surface area contributed by atoms with Crippen LogP contribution >= 0.6 is 12.4 Å². The van der Waals surface area contributed by atoms with Crippen molar-refractivity contribution < 1.29 is 17.9 Å². The van der Waals surface area contributed by atoms with Gasteiger partial charge in [-0.2, -0.15) is 0 Å². The Hall–Kier alpha value is -1.35. The molecule has 2 atom stereocenters. The van der Waals surface area contributed by atoms with Gasteiger partial charge in [-0.3, -0.25) is 4.79 Å². The summed E-state index contributed by atoms with van der Waals surface area (Å²) in [5.74, 6) is 1.74. The first-order valence-corrected chi connectivity index (χ1v) is 10.2. The second-order valence-corrected chi connectivity index (χ2v) is 8.30. The van der Waals surface area contributed by atoms with Crippen molar-refractivity contribution in [2.45, 2.75) is 18.2 Å². The number of nitrogens with one attached hydrogen (secondary N) is 2. The van der Waals surface area contributed by atoms with E-state index in [1.54, 1.807) is 12.1 Å². The number of carbonyl (C=O) groups excluding carboxylic acids is 1. The molecule has 2 fully saturated rings. The van der Waals surface area contributed by atoms with Crippen molar-refractivity contribution in [3.05, 3.63) is 24.3 Å². The Morgan fingerprint density at radius 3 is 2.42 bits per heavy atom. The van der Waals surface area contributed by atoms with Gasteiger partial charge in [0.2, 0.25) is 15.9 Å². The van der Waals surface area contributed by atoms with Gasteiger partial charge in [0.1, 0.15) is 5.75 Å². The Labute approximate surface area is 160 Å². The molecule has 3 rings (SSSR count). The highest BCUT2D eigenvalue weighted by Gasteiger charge is 2.37. The van der Waals surface area contributed by atoms with Crippen LogP contribution in [0.5, 0.6) is 5.75 Å². The lowest BCUT2D eigenvalue weighted by Gasteiger charge is -2.17. The molecule has 2 heterocycles. The summed E-state index contributed by atoms with van der Waals surface area (Å²) in [6.45, 7) is 6.01. The average molecular weight is 404 g/mol. The van der Waals surface area contributed by atoms with Crippen LogP contribution < -0.4 is 14.8 Å². The first-order chi connectivity index (χ1) is 12.0. The summed E-state index contributed by atoms with van der Waals surface area (Å²) in [5.41, 5.74) is 0. The van der Waals surface area contributed by atoms with Crippen molar-refractivity contribution in [3.63, 3.8) is 0 Å². The van der Waals surface area contributed by atoms with Crippen LogP contribution in [0.25, 0.3) is 0 Å². The van der Waals surface area contributed by atoms with Crippen LogP contribution in [0.2, 0.25) is 0 Å². The molecule has 9 heteroatoms. The molecular formula is C17H26ClN3O4S. The fourth-order valence-corrected chi connectivity index (χ4v) is 4.51. The fourth-order valence-electron chi connectivity index (χ4n) is 3.47. The smallest absolute Gasteiger partial charge is 0.240 e. The number of halogens is 1. The van der Waals surface area contributed by atoms with E-state index in [1.165, 1.54) is 12.1 Å². The number of hydrogen-bond donors (Lipinski definition) is 2. The van der Waals surface area contributed by atoms with Gasteiger partial charge in [-0.25, -0.2) is 13.1 Å². The van der Waals surface area contributed by atoms with Crippen molar-refractivity contribution >= 4 is 28.3 Å². The number of likely N-dealkylation sites (tertiary alicyclic amines) is 1. The summed E-state index contributed by atoms with van der Waals surface area (Å²) in [7, 11) is -3.61. The van der Waals surface area contributed by atoms with E-state index in [-0.39, 0.29) is 36.2 Å². The van der Waals surface area contributed by atoms with Gasteiger partial charge in [-0.05, 0) is 43.0 Å². The maximum absolute atomic E-state index is 12.3. The van der Waals surface area contributed by atoms with Gasteiger partial charge in [0.05, 0.1) is 11.5 Å². The van der Waals surface area contributed by atoms with E-state index in [0.29, 0.717) is 24.2 Å². The molecule has 0 saturated carbocycles. The molecule has 7 nitrogen and oxygen atoms in total. The molecule has 1 aromatic rings. The van der Waals surface area contributed by atoms with E-state index in [4.69, 9.17) is 4.74 Å². The molecule has 1 aromatic carbocycles. The number of nitrogens with zero attached hydrogens (tertiary/aromatic N) is 1. The molecule has 146 valence electrons. The van der Waals surface area contributed by atoms with Gasteiger partial charge in [0.25, 0.3) is 0 Å². The first-order valence-electron chi connectivity index (χ1n) is 8.70. The Morgan fingerprint density at radius 1 is 1.23 bits per heavy atom. The third-order valence-corrected chi connectivity index (χ3v) is 6.30. The minimum atomic E-state index is -3.61. The largest absolute Gasteiger partial charge is 0.494 e. The van der Waals surface area contributed by atoms with Crippen molar-refractivity contribution in [3.8, 4) is 5.75 Å². The topological polar surface area (TPSA) is 87.7 Å². The van der Waals surface area contributed by atoms with Gasteiger partial charge in [-0.1, -0.05) is 0 Å². The molecule has 0 aromatic heterocycles. The maximum atomic E-state index is 12.3. The third kappa shape index (κ3) is 4.88. The van der Waals surface area contributed by atoms with Crippen LogP contribution in [0.15, 0.2) is 29.2 Å². The van der Waals surface area contributed by atoms with Gasteiger partial charge in [-0.15, -0.1) is 12.4 Å². The SMILES string of the molecule is CCOc1ccc(S(=O)(=O)NCCC(=O)N2C[C@H]3CNC[C@H]3C2)cc1.Cl. The molecular weight excluding hydrogens is 378 g/mol. The molecule has 2 N–H and O–H groups in total. The van der Waals surface area contributed by atoms with Crippen LogP contribution in [-0.2, 0) is 14.8 Å². The number of fused-ring (bicyclic) bond motifs is 1. The van der Waals surface area contributed by atoms with Crippen molar-refractivity contribution in [1.29, 1.82) is 0 Å². The molecule has 0 aliphatic carbocycles. The van der Waals surface area contributed by atoms with E-state index in [2.05, 4.69) is 10.0 Å². The van der Waals surface area contributed by atoms with Gasteiger partial charge >= 0.3 is 0 Å². The number of sulfonamides is 1. The summed E-state index contributed by atoms with van der Waals surface area (Å²) in [6, 6.07) is 6.26. The van der Waals surface area contributed by atoms with Gasteiger partial charge in [0, 0.05) is 39.1 Å². The Bertz CT molecular complexity index is 699. The highest BCUT2D eigenvalue weighted by molar-refractivity contribution is 7.89. The minimum Gasteiger partial charge on any atom is -0.494 e. The predicted molar refractivity (Wildman–Crippen MR) is 101 cm³/mol. The lowest BCUT2D eigenvalue weighted by molar-refractivity contribution is -0.130. The first kappa shape index (κ1) is 21.0. The van der Waals surface area contributed by atoms with Crippen molar-refractivity contribution in [2.24, 2.45) is 11.8 Å². The maximum Gasteiger partial charge on any atom is 0.240 e. The zero-order chi connectivity index (χ0) is 17.9. The molecule has 0 radical (unpaired) electrons. The van der Waals surface area contributed by atoms with Gasteiger partial charge in [0.15, 0.2) is 0 Å². The number of ether oxygens (including phenoxy) is 1. The van der Waals surface area contributed by atoms with Crippen molar-refractivity contribution in [1.82, 2.24) is 14.9 Å². The second kappa shape index (κ2) is 9.03. The summed E-state index contributed by atoms with van der Waals surface area (Å²) in [6.07, 6.45) is 0.184. The van der Waals surface area contributed by atoms with Crippen LogP contribution in [0.4, 0.5) is 0 Å². The normalized spacial score (nSPS) is 22.0. The standard InChI is InChI=1S/C17H25N3O4S.ClH/c1-2-24-15-3-5-16(6-4-15)25(22,23)19-8-7-17(21)20-11-13-9-18-10-14(13)12-20;/h3-6,13-14,18-19H,2,7-12H2,1H3;1H/t13-,14+;. The summed E-state index contributed by atoms with van der Waals surface area (Å²) >= 11 is 0. The summed E-state index contributed by atoms with van der Waals surface area (Å²) in [5, 5.41) is 3.34. The van der Waals surface area contributed by atoms with Crippen LogP contribution in [0, 0.1) is 11.8 Å². The molecule has 2 aliphatic heterocycles. The molecule has 26 heavy (non-hydrogen) atoms. The predicted octanol–water partition coefficient (Wildman–Crippen LogP) is 0.853. The molecule has 2 saturated heterocycles. The highest BCUT2D eigenvalue weighted by Crippen LogP contribution is 2.26. The number of carbonyl (C=O) groups is 1. The molecule has 0 spiro atoms.